The predicted octanol–water partition coefficient (Wildman–Crippen LogP) is 1.97. The van der Waals surface area contributed by atoms with Gasteiger partial charge in [0.25, 0.3) is 11.8 Å². The van der Waals surface area contributed by atoms with Crippen molar-refractivity contribution in [3.63, 3.8) is 0 Å². The molecule has 0 unspecified atom stereocenters. The van der Waals surface area contributed by atoms with Gasteiger partial charge in [-0.15, -0.1) is 0 Å². The standard InChI is InChI=1S/C19H21N3O4/c1-3-26-17-10-6-15(7-11-17)19(24)20-13-18(23)22-21-12-14-4-8-16(25-2)9-5-14/h4-12H,3,13H2,1-2H3,(H,20,24)(H,22,23)/b21-12+. The van der Waals surface area contributed by atoms with E-state index in [1.165, 1.54) is 6.21 Å². The number of nitrogens with one attached hydrogen (secondary N) is 2. The minimum Gasteiger partial charge on any atom is -0.497 e. The van der Waals surface area contributed by atoms with Crippen molar-refractivity contribution in [1.82, 2.24) is 10.7 Å². The van der Waals surface area contributed by atoms with Crippen molar-refractivity contribution in [2.45, 2.75) is 6.92 Å². The Morgan fingerprint density at radius 2 is 1.69 bits per heavy atom. The molecular weight excluding hydrogens is 334 g/mol. The van der Waals surface area contributed by atoms with Gasteiger partial charge in [0.1, 0.15) is 11.5 Å². The number of carbonyl (C=O) groups is 2. The Hall–Kier alpha value is -3.35. The van der Waals surface area contributed by atoms with E-state index >= 15 is 0 Å². The maximum Gasteiger partial charge on any atom is 0.259 e. The van der Waals surface area contributed by atoms with Crippen molar-refractivity contribution < 1.29 is 19.1 Å². The zero-order chi connectivity index (χ0) is 18.8. The first kappa shape index (κ1) is 19.0. The summed E-state index contributed by atoms with van der Waals surface area (Å²) in [7, 11) is 1.59. The molecule has 0 bridgehead atoms. The molecule has 2 rings (SSSR count). The van der Waals surface area contributed by atoms with Gasteiger partial charge in [0, 0.05) is 5.56 Å². The molecule has 0 saturated carbocycles. The van der Waals surface area contributed by atoms with Gasteiger partial charge in [0.15, 0.2) is 0 Å². The largest absolute Gasteiger partial charge is 0.497 e. The van der Waals surface area contributed by atoms with E-state index in [2.05, 4.69) is 15.8 Å². The maximum absolute atomic E-state index is 12.0. The van der Waals surface area contributed by atoms with Gasteiger partial charge < -0.3 is 14.8 Å². The second-order valence-electron chi connectivity index (χ2n) is 5.21. The van der Waals surface area contributed by atoms with Crippen molar-refractivity contribution >= 4 is 18.0 Å². The first-order valence-electron chi connectivity index (χ1n) is 8.09. The number of nitrogens with zero attached hydrogens (tertiary/aromatic N) is 1. The Labute approximate surface area is 152 Å². The summed E-state index contributed by atoms with van der Waals surface area (Å²) >= 11 is 0. The number of carbonyl (C=O) groups excluding carboxylic acids is 2. The van der Waals surface area contributed by atoms with E-state index in [-0.39, 0.29) is 12.5 Å². The topological polar surface area (TPSA) is 89.0 Å². The molecule has 136 valence electrons. The molecule has 0 atom stereocenters. The lowest BCUT2D eigenvalue weighted by Crippen LogP contribution is -2.34. The lowest BCUT2D eigenvalue weighted by molar-refractivity contribution is -0.120. The summed E-state index contributed by atoms with van der Waals surface area (Å²) in [6.07, 6.45) is 1.51. The number of ether oxygens (including phenoxy) is 2. The summed E-state index contributed by atoms with van der Waals surface area (Å²) < 4.78 is 10.4. The minimum absolute atomic E-state index is 0.175. The molecule has 7 heteroatoms. The van der Waals surface area contributed by atoms with Crippen LogP contribution in [-0.2, 0) is 4.79 Å². The minimum atomic E-state index is -0.422. The van der Waals surface area contributed by atoms with E-state index in [1.54, 1.807) is 43.5 Å². The molecule has 0 heterocycles. The Balaban J connectivity index is 1.76. The van der Waals surface area contributed by atoms with Crippen LogP contribution in [0, 0.1) is 0 Å². The molecule has 2 aromatic carbocycles. The Morgan fingerprint density at radius 3 is 2.31 bits per heavy atom. The summed E-state index contributed by atoms with van der Waals surface area (Å²) in [6.45, 7) is 2.27. The Morgan fingerprint density at radius 1 is 1.04 bits per heavy atom. The average Bonchev–Trinajstić information content (AvgIpc) is 2.67. The van der Waals surface area contributed by atoms with Crippen LogP contribution in [0.5, 0.6) is 11.5 Å². The number of hydrogen-bond acceptors (Lipinski definition) is 5. The van der Waals surface area contributed by atoms with Crippen LogP contribution in [0.15, 0.2) is 53.6 Å². The van der Waals surface area contributed by atoms with E-state index in [9.17, 15) is 9.59 Å². The number of rotatable bonds is 8. The van der Waals surface area contributed by atoms with Crippen LogP contribution in [0.25, 0.3) is 0 Å². The molecule has 2 N–H and O–H groups in total. The fourth-order valence-corrected chi connectivity index (χ4v) is 2.04. The molecule has 0 aliphatic rings. The summed E-state index contributed by atoms with van der Waals surface area (Å²) in [5.74, 6) is 0.661. The van der Waals surface area contributed by atoms with Crippen molar-refractivity contribution in [2.75, 3.05) is 20.3 Å². The molecule has 7 nitrogen and oxygen atoms in total. The highest BCUT2D eigenvalue weighted by Gasteiger charge is 2.07. The zero-order valence-corrected chi connectivity index (χ0v) is 14.7. The molecule has 0 aliphatic heterocycles. The first-order chi connectivity index (χ1) is 12.6. The highest BCUT2D eigenvalue weighted by Crippen LogP contribution is 2.12. The number of methoxy groups -OCH3 is 1. The third-order valence-corrected chi connectivity index (χ3v) is 3.36. The third-order valence-electron chi connectivity index (χ3n) is 3.36. The smallest absolute Gasteiger partial charge is 0.259 e. The third kappa shape index (κ3) is 5.94. The number of hydrogen-bond donors (Lipinski definition) is 2. The van der Waals surface area contributed by atoms with E-state index in [0.717, 1.165) is 11.3 Å². The normalized spacial score (nSPS) is 10.4. The van der Waals surface area contributed by atoms with Gasteiger partial charge in [0.2, 0.25) is 0 Å². The Kier molecular flexibility index (Phi) is 7.17. The lowest BCUT2D eigenvalue weighted by atomic mass is 10.2. The number of hydrazone groups is 1. The number of benzene rings is 2. The van der Waals surface area contributed by atoms with E-state index < -0.39 is 5.91 Å². The van der Waals surface area contributed by atoms with E-state index in [1.807, 2.05) is 19.1 Å². The van der Waals surface area contributed by atoms with Gasteiger partial charge in [-0.25, -0.2) is 5.43 Å². The summed E-state index contributed by atoms with van der Waals surface area (Å²) in [5.41, 5.74) is 3.61. The van der Waals surface area contributed by atoms with Crippen LogP contribution in [0.3, 0.4) is 0 Å². The van der Waals surface area contributed by atoms with Gasteiger partial charge in [-0.1, -0.05) is 0 Å². The first-order valence-corrected chi connectivity index (χ1v) is 8.09. The highest BCUT2D eigenvalue weighted by atomic mass is 16.5. The van der Waals surface area contributed by atoms with Crippen LogP contribution in [0.4, 0.5) is 0 Å². The predicted molar refractivity (Wildman–Crippen MR) is 98.7 cm³/mol. The van der Waals surface area contributed by atoms with Crippen LogP contribution in [0.2, 0.25) is 0 Å². The monoisotopic (exact) mass is 355 g/mol. The van der Waals surface area contributed by atoms with Crippen molar-refractivity contribution in [3.8, 4) is 11.5 Å². The molecule has 0 saturated heterocycles. The van der Waals surface area contributed by atoms with Gasteiger partial charge >= 0.3 is 0 Å². The van der Waals surface area contributed by atoms with Gasteiger partial charge in [-0.2, -0.15) is 5.10 Å². The molecule has 0 aromatic heterocycles. The lowest BCUT2D eigenvalue weighted by Gasteiger charge is -2.06. The van der Waals surface area contributed by atoms with Crippen LogP contribution in [-0.4, -0.2) is 38.3 Å². The molecular formula is C19H21N3O4. The van der Waals surface area contributed by atoms with E-state index in [0.29, 0.717) is 17.9 Å². The van der Waals surface area contributed by atoms with Gasteiger partial charge in [0.05, 0.1) is 26.5 Å². The molecule has 0 radical (unpaired) electrons. The van der Waals surface area contributed by atoms with Crippen LogP contribution < -0.4 is 20.2 Å². The zero-order valence-electron chi connectivity index (χ0n) is 14.7. The quantitative estimate of drug-likeness (QED) is 0.560. The van der Waals surface area contributed by atoms with Crippen molar-refractivity contribution in [1.29, 1.82) is 0 Å². The van der Waals surface area contributed by atoms with Crippen LogP contribution >= 0.6 is 0 Å². The van der Waals surface area contributed by atoms with E-state index in [4.69, 9.17) is 9.47 Å². The molecule has 0 spiro atoms. The second-order valence-corrected chi connectivity index (χ2v) is 5.21. The number of amides is 2. The molecule has 0 aliphatic carbocycles. The molecule has 26 heavy (non-hydrogen) atoms. The highest BCUT2D eigenvalue weighted by molar-refractivity contribution is 5.96. The fourth-order valence-electron chi connectivity index (χ4n) is 2.04. The molecule has 2 aromatic rings. The average molecular weight is 355 g/mol. The van der Waals surface area contributed by atoms with Crippen molar-refractivity contribution in [2.24, 2.45) is 5.10 Å². The second kappa shape index (κ2) is 9.83. The van der Waals surface area contributed by atoms with Gasteiger partial charge in [-0.05, 0) is 61.0 Å². The maximum atomic E-state index is 12.0. The van der Waals surface area contributed by atoms with Gasteiger partial charge in [-0.3, -0.25) is 9.59 Å². The SMILES string of the molecule is CCOc1ccc(C(=O)NCC(=O)N/N=C/c2ccc(OC)cc2)cc1. The molecule has 2 amide bonds. The molecule has 0 fully saturated rings. The van der Waals surface area contributed by atoms with Crippen LogP contribution in [0.1, 0.15) is 22.8 Å². The summed E-state index contributed by atoms with van der Waals surface area (Å²) in [6, 6.07) is 13.9. The fraction of sp³-hybridized carbons (Fsp3) is 0.211. The summed E-state index contributed by atoms with van der Waals surface area (Å²) in [4.78, 5) is 23.7. The summed E-state index contributed by atoms with van der Waals surface area (Å²) in [5, 5.41) is 6.38. The van der Waals surface area contributed by atoms with Crippen molar-refractivity contribution in [3.05, 3.63) is 59.7 Å². The Bertz CT molecular complexity index is 755.